The molecule has 1 unspecified atom stereocenters. The summed E-state index contributed by atoms with van der Waals surface area (Å²) in [4.78, 5) is 48.4. The molecule has 10 heteroatoms. The zero-order chi connectivity index (χ0) is 29.9. The van der Waals surface area contributed by atoms with Gasteiger partial charge in [-0.3, -0.25) is 9.59 Å². The smallest absolute Gasteiger partial charge is 0.327 e. The Balaban J connectivity index is 2.59. The molecule has 0 saturated carbocycles. The molecule has 0 saturated heterocycles. The zero-order valence-corrected chi connectivity index (χ0v) is 24.8. The highest BCUT2D eigenvalue weighted by Crippen LogP contribution is 2.13. The molecule has 40 heavy (non-hydrogen) atoms. The highest BCUT2D eigenvalue weighted by atomic mass is 32.2. The Morgan fingerprint density at radius 2 is 1.50 bits per heavy atom. The van der Waals surface area contributed by atoms with Crippen molar-refractivity contribution in [3.8, 4) is 0 Å². The van der Waals surface area contributed by atoms with E-state index < -0.39 is 35.9 Å². The molecule has 1 aromatic rings. The predicted molar refractivity (Wildman–Crippen MR) is 163 cm³/mol. The van der Waals surface area contributed by atoms with Gasteiger partial charge in [-0.1, -0.05) is 53.1 Å². The molecule has 6 N–H and O–H groups in total. The molecule has 0 aliphatic heterocycles. The lowest BCUT2D eigenvalue weighted by Gasteiger charge is -2.21. The van der Waals surface area contributed by atoms with Gasteiger partial charge in [0.05, 0.1) is 0 Å². The lowest BCUT2D eigenvalue weighted by Crippen LogP contribution is -2.53. The first-order valence-electron chi connectivity index (χ1n) is 13.4. The maximum Gasteiger partial charge on any atom is 0.327 e. The van der Waals surface area contributed by atoms with E-state index in [2.05, 4.69) is 61.9 Å². The van der Waals surface area contributed by atoms with Gasteiger partial charge < -0.3 is 26.8 Å². The van der Waals surface area contributed by atoms with Crippen LogP contribution in [0.2, 0.25) is 0 Å². The van der Waals surface area contributed by atoms with E-state index in [1.165, 1.54) is 28.5 Å². The van der Waals surface area contributed by atoms with Crippen molar-refractivity contribution in [1.29, 1.82) is 0 Å². The summed E-state index contributed by atoms with van der Waals surface area (Å²) in [6, 6.07) is 5.68. The van der Waals surface area contributed by atoms with Gasteiger partial charge in [-0.05, 0) is 71.9 Å². The van der Waals surface area contributed by atoms with E-state index in [0.29, 0.717) is 11.4 Å². The SMILES string of the molecule is CC(C)=CCC/C(C)=C/CC/C(C)=C/CSC[C@H](NC(=O)C(CCC(N)=O)NC(=O)Nc1ccccc1)C(=O)O. The van der Waals surface area contributed by atoms with Gasteiger partial charge in [-0.2, -0.15) is 11.8 Å². The van der Waals surface area contributed by atoms with Gasteiger partial charge in [0.25, 0.3) is 0 Å². The number of amides is 4. The van der Waals surface area contributed by atoms with Crippen LogP contribution < -0.4 is 21.7 Å². The molecular weight excluding hydrogens is 528 g/mol. The molecule has 0 heterocycles. The van der Waals surface area contributed by atoms with Gasteiger partial charge in [0, 0.05) is 23.6 Å². The zero-order valence-electron chi connectivity index (χ0n) is 24.0. The second-order valence-electron chi connectivity index (χ2n) is 9.92. The number of carbonyl (C=O) groups excluding carboxylic acids is 3. The Kier molecular flexibility index (Phi) is 16.8. The number of carboxylic acid groups (broad SMARTS) is 1. The number of nitrogens with one attached hydrogen (secondary N) is 3. The number of aliphatic carboxylic acids is 1. The summed E-state index contributed by atoms with van der Waals surface area (Å²) < 4.78 is 0. The quantitative estimate of drug-likeness (QED) is 0.121. The molecule has 1 aromatic carbocycles. The minimum absolute atomic E-state index is 0.0618. The number of hydrogen-bond acceptors (Lipinski definition) is 5. The van der Waals surface area contributed by atoms with Crippen LogP contribution in [0, 0.1) is 0 Å². The van der Waals surface area contributed by atoms with Gasteiger partial charge in [-0.15, -0.1) is 0 Å². The van der Waals surface area contributed by atoms with Crippen molar-refractivity contribution in [2.45, 2.75) is 78.3 Å². The minimum Gasteiger partial charge on any atom is -0.480 e. The van der Waals surface area contributed by atoms with Crippen LogP contribution in [-0.2, 0) is 14.4 Å². The van der Waals surface area contributed by atoms with E-state index in [1.54, 1.807) is 30.3 Å². The summed E-state index contributed by atoms with van der Waals surface area (Å²) in [6.45, 7) is 8.41. The third-order valence-electron chi connectivity index (χ3n) is 5.90. The third kappa shape index (κ3) is 16.4. The molecule has 220 valence electrons. The highest BCUT2D eigenvalue weighted by Gasteiger charge is 2.27. The van der Waals surface area contributed by atoms with E-state index >= 15 is 0 Å². The van der Waals surface area contributed by atoms with Gasteiger partial charge >= 0.3 is 12.0 Å². The fourth-order valence-corrected chi connectivity index (χ4v) is 4.58. The lowest BCUT2D eigenvalue weighted by molar-refractivity contribution is -0.141. The molecule has 9 nitrogen and oxygen atoms in total. The lowest BCUT2D eigenvalue weighted by atomic mass is 10.1. The molecule has 0 bridgehead atoms. The first-order valence-corrected chi connectivity index (χ1v) is 14.6. The first kappa shape index (κ1) is 34.5. The van der Waals surface area contributed by atoms with Crippen molar-refractivity contribution < 1.29 is 24.3 Å². The number of anilines is 1. The number of para-hydroxylation sites is 1. The van der Waals surface area contributed by atoms with Crippen LogP contribution in [-0.4, -0.2) is 52.5 Å². The van der Waals surface area contributed by atoms with E-state index in [0.717, 1.165) is 25.7 Å². The number of benzene rings is 1. The molecule has 0 fully saturated rings. The normalized spacial score (nSPS) is 13.1. The average molecular weight is 573 g/mol. The molecule has 0 radical (unpaired) electrons. The van der Waals surface area contributed by atoms with E-state index in [4.69, 9.17) is 5.73 Å². The van der Waals surface area contributed by atoms with Crippen LogP contribution in [0.15, 0.2) is 65.3 Å². The Morgan fingerprint density at radius 3 is 2.10 bits per heavy atom. The number of hydrogen-bond donors (Lipinski definition) is 5. The summed E-state index contributed by atoms with van der Waals surface area (Å²) in [5.41, 5.74) is 9.66. The Hall–Kier alpha value is -3.53. The summed E-state index contributed by atoms with van der Waals surface area (Å²) in [7, 11) is 0. The van der Waals surface area contributed by atoms with Crippen LogP contribution in [0.1, 0.15) is 66.2 Å². The Labute approximate surface area is 242 Å². The number of rotatable bonds is 18. The number of allylic oxidation sites excluding steroid dienone is 5. The van der Waals surface area contributed by atoms with E-state index in [1.807, 2.05) is 0 Å². The standard InChI is InChI=1S/C30H44N4O5S/c1-21(2)10-8-11-22(3)12-9-13-23(4)18-19-40-20-26(29(37)38)33-28(36)25(16-17-27(31)35)34-30(39)32-24-14-6-5-7-15-24/h5-7,10,12,14-15,18,25-26H,8-9,11,13,16-17,19-20H2,1-4H3,(H2,31,35)(H,33,36)(H,37,38)(H2,32,34,39)/b22-12+,23-18+/t25?,26-/m0/s1. The highest BCUT2D eigenvalue weighted by molar-refractivity contribution is 7.99. The van der Waals surface area contributed by atoms with E-state index in [-0.39, 0.29) is 18.6 Å². The van der Waals surface area contributed by atoms with Crippen LogP contribution in [0.5, 0.6) is 0 Å². The largest absolute Gasteiger partial charge is 0.480 e. The fourth-order valence-electron chi connectivity index (χ4n) is 3.58. The van der Waals surface area contributed by atoms with Crippen molar-refractivity contribution >= 4 is 41.3 Å². The molecule has 4 amide bonds. The molecular formula is C30H44N4O5S. The summed E-state index contributed by atoms with van der Waals surface area (Å²) in [6.07, 6.45) is 10.4. The maximum absolute atomic E-state index is 12.9. The number of primary amides is 1. The minimum atomic E-state index is -1.18. The number of thioether (sulfide) groups is 1. The molecule has 0 aliphatic rings. The maximum atomic E-state index is 12.9. The number of urea groups is 1. The second kappa shape index (κ2) is 19.5. The van der Waals surface area contributed by atoms with Crippen LogP contribution in [0.25, 0.3) is 0 Å². The van der Waals surface area contributed by atoms with Crippen molar-refractivity contribution in [3.05, 3.63) is 65.3 Å². The van der Waals surface area contributed by atoms with E-state index in [9.17, 15) is 24.3 Å². The van der Waals surface area contributed by atoms with Gasteiger partial charge in [0.15, 0.2) is 0 Å². The van der Waals surface area contributed by atoms with Crippen molar-refractivity contribution in [2.24, 2.45) is 5.73 Å². The van der Waals surface area contributed by atoms with Crippen molar-refractivity contribution in [2.75, 3.05) is 16.8 Å². The topological polar surface area (TPSA) is 151 Å². The summed E-state index contributed by atoms with van der Waals surface area (Å²) in [5, 5.41) is 17.2. The number of carbonyl (C=O) groups is 4. The summed E-state index contributed by atoms with van der Waals surface area (Å²) >= 11 is 1.39. The molecule has 0 aromatic heterocycles. The summed E-state index contributed by atoms with van der Waals surface area (Å²) in [5.74, 6) is -1.76. The molecule has 0 aliphatic carbocycles. The van der Waals surface area contributed by atoms with Gasteiger partial charge in [0.1, 0.15) is 12.1 Å². The van der Waals surface area contributed by atoms with Crippen LogP contribution in [0.4, 0.5) is 10.5 Å². The van der Waals surface area contributed by atoms with Crippen molar-refractivity contribution in [1.82, 2.24) is 10.6 Å². The van der Waals surface area contributed by atoms with Gasteiger partial charge in [-0.25, -0.2) is 9.59 Å². The third-order valence-corrected chi connectivity index (χ3v) is 6.88. The first-order chi connectivity index (χ1) is 19.0. The predicted octanol–water partition coefficient (Wildman–Crippen LogP) is 5.16. The molecule has 2 atom stereocenters. The fraction of sp³-hybridized carbons (Fsp3) is 0.467. The van der Waals surface area contributed by atoms with Crippen LogP contribution >= 0.6 is 11.8 Å². The molecule has 0 spiro atoms. The monoisotopic (exact) mass is 572 g/mol. The average Bonchev–Trinajstić information content (AvgIpc) is 2.88. The van der Waals surface area contributed by atoms with Crippen molar-refractivity contribution in [3.63, 3.8) is 0 Å². The Bertz CT molecular complexity index is 1070. The number of nitrogens with two attached hydrogens (primary N) is 1. The second-order valence-corrected chi connectivity index (χ2v) is 11.0. The van der Waals surface area contributed by atoms with Gasteiger partial charge in [0.2, 0.25) is 11.8 Å². The number of carboxylic acids is 1. The van der Waals surface area contributed by atoms with Crippen LogP contribution in [0.3, 0.4) is 0 Å². The Morgan fingerprint density at radius 1 is 0.875 bits per heavy atom. The molecule has 1 rings (SSSR count).